The van der Waals surface area contributed by atoms with Crippen LogP contribution in [-0.4, -0.2) is 35.0 Å². The van der Waals surface area contributed by atoms with E-state index in [1.165, 1.54) is 16.2 Å². The number of rotatable bonds is 4. The second-order valence-electron chi connectivity index (χ2n) is 3.12. The van der Waals surface area contributed by atoms with Crippen LogP contribution >= 0.6 is 11.3 Å². The highest BCUT2D eigenvalue weighted by atomic mass is 32.1. The fourth-order valence-corrected chi connectivity index (χ4v) is 2.03. The van der Waals surface area contributed by atoms with Crippen LogP contribution in [0.3, 0.4) is 0 Å². The standard InChI is InChI=1S/C10H13NO3S/c1-3-11(6-9(12)13)10(14)8-5-4-7(2)15-8/h4-5H,3,6H2,1-2H3,(H,12,13). The highest BCUT2D eigenvalue weighted by Gasteiger charge is 2.17. The summed E-state index contributed by atoms with van der Waals surface area (Å²) in [6.07, 6.45) is 0. The van der Waals surface area contributed by atoms with Crippen LogP contribution in [0.25, 0.3) is 0 Å². The van der Waals surface area contributed by atoms with Crippen LogP contribution in [0.4, 0.5) is 0 Å². The molecule has 4 nitrogen and oxygen atoms in total. The number of carboxylic acid groups (broad SMARTS) is 1. The number of hydrogen-bond donors (Lipinski definition) is 1. The quantitative estimate of drug-likeness (QED) is 0.850. The summed E-state index contributed by atoms with van der Waals surface area (Å²) >= 11 is 1.38. The normalized spacial score (nSPS) is 10.0. The molecule has 0 spiro atoms. The van der Waals surface area contributed by atoms with E-state index in [1.54, 1.807) is 13.0 Å². The van der Waals surface area contributed by atoms with Crippen molar-refractivity contribution in [2.75, 3.05) is 13.1 Å². The molecule has 5 heteroatoms. The van der Waals surface area contributed by atoms with Gasteiger partial charge in [0.25, 0.3) is 5.91 Å². The zero-order valence-corrected chi connectivity index (χ0v) is 9.50. The topological polar surface area (TPSA) is 57.6 Å². The molecule has 0 bridgehead atoms. The average Bonchev–Trinajstić information content (AvgIpc) is 2.60. The van der Waals surface area contributed by atoms with Crippen molar-refractivity contribution in [3.63, 3.8) is 0 Å². The van der Waals surface area contributed by atoms with Crippen molar-refractivity contribution in [2.24, 2.45) is 0 Å². The minimum Gasteiger partial charge on any atom is -0.480 e. The number of carbonyl (C=O) groups excluding carboxylic acids is 1. The van der Waals surface area contributed by atoms with E-state index in [0.29, 0.717) is 11.4 Å². The zero-order valence-electron chi connectivity index (χ0n) is 8.69. The van der Waals surface area contributed by atoms with Crippen molar-refractivity contribution in [1.82, 2.24) is 4.90 Å². The van der Waals surface area contributed by atoms with Crippen molar-refractivity contribution < 1.29 is 14.7 Å². The number of aliphatic carboxylic acids is 1. The molecule has 1 rings (SSSR count). The molecule has 0 unspecified atom stereocenters. The first kappa shape index (κ1) is 11.7. The molecule has 0 aliphatic rings. The number of likely N-dealkylation sites (N-methyl/N-ethyl adjacent to an activating group) is 1. The van der Waals surface area contributed by atoms with Crippen LogP contribution < -0.4 is 0 Å². The van der Waals surface area contributed by atoms with Crippen LogP contribution in [0.1, 0.15) is 21.5 Å². The van der Waals surface area contributed by atoms with Gasteiger partial charge in [-0.05, 0) is 26.0 Å². The average molecular weight is 227 g/mol. The van der Waals surface area contributed by atoms with Gasteiger partial charge in [0.15, 0.2) is 0 Å². The maximum atomic E-state index is 11.8. The number of carbonyl (C=O) groups is 2. The minimum absolute atomic E-state index is 0.210. The van der Waals surface area contributed by atoms with E-state index >= 15 is 0 Å². The van der Waals surface area contributed by atoms with Crippen molar-refractivity contribution >= 4 is 23.2 Å². The second-order valence-corrected chi connectivity index (χ2v) is 4.41. The Kier molecular flexibility index (Phi) is 3.85. The summed E-state index contributed by atoms with van der Waals surface area (Å²) in [6, 6.07) is 3.58. The Morgan fingerprint density at radius 1 is 1.47 bits per heavy atom. The Balaban J connectivity index is 2.77. The Bertz CT molecular complexity index is 372. The molecule has 1 heterocycles. The van der Waals surface area contributed by atoms with Gasteiger partial charge in [0.2, 0.25) is 0 Å². The maximum absolute atomic E-state index is 11.8. The molecule has 1 N–H and O–H groups in total. The predicted octanol–water partition coefficient (Wildman–Crippen LogP) is 1.60. The highest BCUT2D eigenvalue weighted by molar-refractivity contribution is 7.13. The second kappa shape index (κ2) is 4.93. The third-order valence-electron chi connectivity index (χ3n) is 1.95. The van der Waals surface area contributed by atoms with Crippen LogP contribution in [0.15, 0.2) is 12.1 Å². The maximum Gasteiger partial charge on any atom is 0.323 e. The summed E-state index contributed by atoms with van der Waals surface area (Å²) < 4.78 is 0. The highest BCUT2D eigenvalue weighted by Crippen LogP contribution is 2.16. The van der Waals surface area contributed by atoms with Crippen molar-refractivity contribution in [3.05, 3.63) is 21.9 Å². The lowest BCUT2D eigenvalue weighted by Gasteiger charge is -2.17. The number of hydrogen-bond acceptors (Lipinski definition) is 3. The number of thiophene rings is 1. The number of carboxylic acids is 1. The number of amides is 1. The van der Waals surface area contributed by atoms with Gasteiger partial charge in [0, 0.05) is 11.4 Å². The van der Waals surface area contributed by atoms with E-state index in [0.717, 1.165) is 4.88 Å². The fourth-order valence-electron chi connectivity index (χ4n) is 1.20. The summed E-state index contributed by atoms with van der Waals surface area (Å²) in [5.74, 6) is -1.20. The monoisotopic (exact) mass is 227 g/mol. The van der Waals surface area contributed by atoms with Crippen molar-refractivity contribution in [3.8, 4) is 0 Å². The summed E-state index contributed by atoms with van der Waals surface area (Å²) in [5.41, 5.74) is 0. The minimum atomic E-state index is -0.988. The predicted molar refractivity (Wildman–Crippen MR) is 58.3 cm³/mol. The van der Waals surface area contributed by atoms with Crippen LogP contribution in [-0.2, 0) is 4.79 Å². The SMILES string of the molecule is CCN(CC(=O)O)C(=O)c1ccc(C)s1. The molecule has 0 saturated carbocycles. The first-order valence-corrected chi connectivity index (χ1v) is 5.43. The summed E-state index contributed by atoms with van der Waals surface area (Å²) in [7, 11) is 0. The number of aryl methyl sites for hydroxylation is 1. The van der Waals surface area contributed by atoms with Gasteiger partial charge in [-0.1, -0.05) is 0 Å². The van der Waals surface area contributed by atoms with Gasteiger partial charge in [0.1, 0.15) is 6.54 Å². The van der Waals surface area contributed by atoms with E-state index in [2.05, 4.69) is 0 Å². The van der Waals surface area contributed by atoms with Gasteiger partial charge >= 0.3 is 5.97 Å². The number of nitrogens with zero attached hydrogens (tertiary/aromatic N) is 1. The molecule has 1 aromatic rings. The zero-order chi connectivity index (χ0) is 11.4. The molecular formula is C10H13NO3S. The Labute approximate surface area is 92.1 Å². The lowest BCUT2D eigenvalue weighted by Crippen LogP contribution is -2.34. The molecule has 82 valence electrons. The van der Waals surface area contributed by atoms with Crippen molar-refractivity contribution in [1.29, 1.82) is 0 Å². The third-order valence-corrected chi connectivity index (χ3v) is 2.93. The van der Waals surface area contributed by atoms with Crippen LogP contribution in [0.2, 0.25) is 0 Å². The fraction of sp³-hybridized carbons (Fsp3) is 0.400. The molecule has 1 amide bonds. The molecule has 0 aromatic carbocycles. The summed E-state index contributed by atoms with van der Waals surface area (Å²) in [6.45, 7) is 3.84. The first-order chi connectivity index (χ1) is 7.04. The van der Waals surface area contributed by atoms with Gasteiger partial charge in [-0.3, -0.25) is 9.59 Å². The smallest absolute Gasteiger partial charge is 0.323 e. The first-order valence-electron chi connectivity index (χ1n) is 4.62. The summed E-state index contributed by atoms with van der Waals surface area (Å²) in [4.78, 5) is 25.3. The Hall–Kier alpha value is -1.36. The lowest BCUT2D eigenvalue weighted by molar-refractivity contribution is -0.137. The van der Waals surface area contributed by atoms with Crippen LogP contribution in [0, 0.1) is 6.92 Å². The van der Waals surface area contributed by atoms with E-state index in [1.807, 2.05) is 13.0 Å². The van der Waals surface area contributed by atoms with Crippen LogP contribution in [0.5, 0.6) is 0 Å². The Morgan fingerprint density at radius 3 is 2.53 bits per heavy atom. The van der Waals surface area contributed by atoms with Gasteiger partial charge in [-0.2, -0.15) is 0 Å². The molecule has 0 fully saturated rings. The summed E-state index contributed by atoms with van der Waals surface area (Å²) in [5, 5.41) is 8.63. The Morgan fingerprint density at radius 2 is 2.13 bits per heavy atom. The molecule has 1 aromatic heterocycles. The van der Waals surface area contributed by atoms with Crippen molar-refractivity contribution in [2.45, 2.75) is 13.8 Å². The molecule has 15 heavy (non-hydrogen) atoms. The molecule has 0 saturated heterocycles. The largest absolute Gasteiger partial charge is 0.480 e. The van der Waals surface area contributed by atoms with Gasteiger partial charge in [-0.15, -0.1) is 11.3 Å². The van der Waals surface area contributed by atoms with Gasteiger partial charge in [0.05, 0.1) is 4.88 Å². The van der Waals surface area contributed by atoms with E-state index < -0.39 is 5.97 Å². The van der Waals surface area contributed by atoms with Gasteiger partial charge in [-0.25, -0.2) is 0 Å². The molecule has 0 aliphatic heterocycles. The van der Waals surface area contributed by atoms with E-state index in [-0.39, 0.29) is 12.5 Å². The molecule has 0 atom stereocenters. The lowest BCUT2D eigenvalue weighted by atomic mass is 10.3. The van der Waals surface area contributed by atoms with Gasteiger partial charge < -0.3 is 10.0 Å². The molecule has 0 aliphatic carbocycles. The molecule has 0 radical (unpaired) electrons. The third kappa shape index (κ3) is 3.06. The van der Waals surface area contributed by atoms with E-state index in [4.69, 9.17) is 5.11 Å². The molecular weight excluding hydrogens is 214 g/mol. The van der Waals surface area contributed by atoms with E-state index in [9.17, 15) is 9.59 Å².